The Balaban J connectivity index is 1.62. The predicted octanol–water partition coefficient (Wildman–Crippen LogP) is 6.19. The zero-order valence-corrected chi connectivity index (χ0v) is 21.6. The molecular weight excluding hydrogens is 444 g/mol. The molecule has 0 amide bonds. The summed E-state index contributed by atoms with van der Waals surface area (Å²) in [5.41, 5.74) is 0.908. The topological polar surface area (TPSA) is 85.2 Å². The van der Waals surface area contributed by atoms with E-state index in [0.29, 0.717) is 6.61 Å². The molecular formula is C29H46O6. The first kappa shape index (κ1) is 29.2. The average molecular weight is 491 g/mol. The lowest BCUT2D eigenvalue weighted by Crippen LogP contribution is -2.32. The van der Waals surface area contributed by atoms with Gasteiger partial charge in [0.05, 0.1) is 13.2 Å². The molecule has 0 fully saturated rings. The van der Waals surface area contributed by atoms with Crippen molar-refractivity contribution in [3.05, 3.63) is 47.4 Å². The van der Waals surface area contributed by atoms with Crippen molar-refractivity contribution in [2.75, 3.05) is 13.2 Å². The van der Waals surface area contributed by atoms with Gasteiger partial charge >= 0.3 is 5.97 Å². The lowest BCUT2D eigenvalue weighted by molar-refractivity contribution is -0.148. The first-order valence-corrected chi connectivity index (χ1v) is 13.7. The summed E-state index contributed by atoms with van der Waals surface area (Å²) in [6.45, 7) is 2.33. The third-order valence-electron chi connectivity index (χ3n) is 6.42. The largest absolute Gasteiger partial charge is 0.490 e. The fraction of sp³-hybridized carbons (Fsp3) is 0.690. The summed E-state index contributed by atoms with van der Waals surface area (Å²) in [6, 6.07) is 9.49. The number of hydrogen-bond donors (Lipinski definition) is 2. The van der Waals surface area contributed by atoms with Gasteiger partial charge in [-0.2, -0.15) is 0 Å². The van der Waals surface area contributed by atoms with Gasteiger partial charge in [-0.05, 0) is 12.0 Å². The summed E-state index contributed by atoms with van der Waals surface area (Å²) in [5.74, 6) is -0.506. The van der Waals surface area contributed by atoms with E-state index in [9.17, 15) is 15.0 Å². The second-order valence-corrected chi connectivity index (χ2v) is 9.49. The van der Waals surface area contributed by atoms with Gasteiger partial charge < -0.3 is 24.4 Å². The minimum Gasteiger partial charge on any atom is -0.490 e. The maximum absolute atomic E-state index is 12.3. The number of ether oxygens (including phenoxy) is 3. The molecule has 35 heavy (non-hydrogen) atoms. The standard InChI is InChI=1S/C29H46O6/c1-2-3-4-5-6-7-8-9-10-11-12-13-14-18-21-33-27-26(25(31)22-30)35-29(32)28(27)34-23-24-19-16-15-17-20-24/h15-17,19-20,25-26,30-31H,2-14,18,21-23H2,1H3/t25-,26+/m0/s1. The molecule has 0 spiro atoms. The maximum Gasteiger partial charge on any atom is 0.378 e. The van der Waals surface area contributed by atoms with Gasteiger partial charge in [0.15, 0.2) is 11.9 Å². The quantitative estimate of drug-likeness (QED) is 0.158. The van der Waals surface area contributed by atoms with Crippen LogP contribution in [-0.2, 0) is 25.6 Å². The van der Waals surface area contributed by atoms with Crippen LogP contribution in [0.1, 0.15) is 102 Å². The number of carbonyl (C=O) groups is 1. The van der Waals surface area contributed by atoms with Crippen LogP contribution in [0.4, 0.5) is 0 Å². The van der Waals surface area contributed by atoms with E-state index in [1.54, 1.807) is 0 Å². The van der Waals surface area contributed by atoms with Gasteiger partial charge in [0.1, 0.15) is 12.7 Å². The minimum atomic E-state index is -1.25. The number of carbonyl (C=O) groups excluding carboxylic acids is 1. The van der Waals surface area contributed by atoms with Crippen LogP contribution in [0.15, 0.2) is 41.9 Å². The Morgan fingerprint density at radius 2 is 1.37 bits per heavy atom. The van der Waals surface area contributed by atoms with Gasteiger partial charge in [0.2, 0.25) is 5.76 Å². The Kier molecular flexibility index (Phi) is 15.2. The summed E-state index contributed by atoms with van der Waals surface area (Å²) in [6.07, 6.45) is 15.6. The van der Waals surface area contributed by atoms with Gasteiger partial charge in [-0.15, -0.1) is 0 Å². The van der Waals surface area contributed by atoms with Gasteiger partial charge in [-0.1, -0.05) is 121 Å². The summed E-state index contributed by atoms with van der Waals surface area (Å²) in [7, 11) is 0. The highest BCUT2D eigenvalue weighted by Crippen LogP contribution is 2.28. The molecule has 1 aromatic rings. The van der Waals surface area contributed by atoms with E-state index in [4.69, 9.17) is 14.2 Å². The van der Waals surface area contributed by atoms with Crippen molar-refractivity contribution in [3.63, 3.8) is 0 Å². The number of aliphatic hydroxyl groups is 2. The molecule has 0 radical (unpaired) electrons. The van der Waals surface area contributed by atoms with Crippen molar-refractivity contribution in [2.45, 2.75) is 116 Å². The third kappa shape index (κ3) is 11.5. The van der Waals surface area contributed by atoms with E-state index in [0.717, 1.165) is 24.8 Å². The van der Waals surface area contributed by atoms with Crippen molar-refractivity contribution in [1.82, 2.24) is 0 Å². The normalized spacial score (nSPS) is 16.4. The third-order valence-corrected chi connectivity index (χ3v) is 6.42. The van der Waals surface area contributed by atoms with Gasteiger partial charge in [-0.25, -0.2) is 4.79 Å². The molecule has 6 nitrogen and oxygen atoms in total. The minimum absolute atomic E-state index is 0.0169. The van der Waals surface area contributed by atoms with Crippen LogP contribution < -0.4 is 0 Å². The maximum atomic E-state index is 12.3. The number of hydrogen-bond acceptors (Lipinski definition) is 6. The second-order valence-electron chi connectivity index (χ2n) is 9.49. The second kappa shape index (κ2) is 18.3. The summed E-state index contributed by atoms with van der Waals surface area (Å²) in [4.78, 5) is 12.3. The number of esters is 1. The predicted molar refractivity (Wildman–Crippen MR) is 137 cm³/mol. The number of rotatable bonds is 21. The molecule has 2 N–H and O–H groups in total. The smallest absolute Gasteiger partial charge is 0.378 e. The van der Waals surface area contributed by atoms with E-state index < -0.39 is 24.8 Å². The number of aliphatic hydroxyl groups excluding tert-OH is 2. The molecule has 0 saturated heterocycles. The number of unbranched alkanes of at least 4 members (excludes halogenated alkanes) is 13. The highest BCUT2D eigenvalue weighted by Gasteiger charge is 2.41. The van der Waals surface area contributed by atoms with Crippen molar-refractivity contribution >= 4 is 5.97 Å². The Hall–Kier alpha value is -2.05. The summed E-state index contributed by atoms with van der Waals surface area (Å²) >= 11 is 0. The van der Waals surface area contributed by atoms with E-state index >= 15 is 0 Å². The lowest BCUT2D eigenvalue weighted by atomic mass is 10.0. The Labute approximate surface area is 211 Å². The molecule has 2 atom stereocenters. The Morgan fingerprint density at radius 3 is 1.91 bits per heavy atom. The SMILES string of the molecule is CCCCCCCCCCCCCCCCOC1=C(OCc2ccccc2)C(=O)O[C@@H]1[C@@H](O)CO. The molecule has 2 rings (SSSR count). The highest BCUT2D eigenvalue weighted by atomic mass is 16.6. The van der Waals surface area contributed by atoms with E-state index in [-0.39, 0.29) is 18.1 Å². The molecule has 0 bridgehead atoms. The van der Waals surface area contributed by atoms with Crippen LogP contribution in [0.2, 0.25) is 0 Å². The number of benzene rings is 1. The molecule has 1 aliphatic heterocycles. The zero-order valence-electron chi connectivity index (χ0n) is 21.6. The van der Waals surface area contributed by atoms with E-state index in [1.807, 2.05) is 30.3 Å². The lowest BCUT2D eigenvalue weighted by Gasteiger charge is -2.18. The highest BCUT2D eigenvalue weighted by molar-refractivity contribution is 5.89. The monoisotopic (exact) mass is 490 g/mol. The molecule has 0 unspecified atom stereocenters. The summed E-state index contributed by atoms with van der Waals surface area (Å²) in [5, 5.41) is 19.4. The first-order chi connectivity index (χ1) is 17.2. The van der Waals surface area contributed by atoms with Gasteiger partial charge in [-0.3, -0.25) is 0 Å². The van der Waals surface area contributed by atoms with E-state index in [1.165, 1.54) is 70.6 Å². The Morgan fingerprint density at radius 1 is 0.829 bits per heavy atom. The zero-order chi connectivity index (χ0) is 25.1. The molecule has 0 aromatic heterocycles. The molecule has 6 heteroatoms. The molecule has 1 aromatic carbocycles. The van der Waals surface area contributed by atoms with Crippen LogP contribution in [0.25, 0.3) is 0 Å². The van der Waals surface area contributed by atoms with Crippen molar-refractivity contribution in [3.8, 4) is 0 Å². The van der Waals surface area contributed by atoms with Gasteiger partial charge in [0.25, 0.3) is 0 Å². The van der Waals surface area contributed by atoms with Crippen LogP contribution in [0.5, 0.6) is 0 Å². The first-order valence-electron chi connectivity index (χ1n) is 13.7. The van der Waals surface area contributed by atoms with Crippen molar-refractivity contribution in [1.29, 1.82) is 0 Å². The van der Waals surface area contributed by atoms with E-state index in [2.05, 4.69) is 6.92 Å². The molecule has 1 heterocycles. The average Bonchev–Trinajstić information content (AvgIpc) is 3.20. The molecule has 0 saturated carbocycles. The molecule has 0 aliphatic carbocycles. The van der Waals surface area contributed by atoms with Crippen LogP contribution in [0.3, 0.4) is 0 Å². The van der Waals surface area contributed by atoms with Crippen LogP contribution >= 0.6 is 0 Å². The fourth-order valence-electron chi connectivity index (χ4n) is 4.29. The van der Waals surface area contributed by atoms with Gasteiger partial charge in [0, 0.05) is 0 Å². The molecule has 198 valence electrons. The fourth-order valence-corrected chi connectivity index (χ4v) is 4.29. The van der Waals surface area contributed by atoms with Crippen LogP contribution in [-0.4, -0.2) is 41.6 Å². The Bertz CT molecular complexity index is 717. The van der Waals surface area contributed by atoms with Crippen molar-refractivity contribution < 1.29 is 29.2 Å². The number of cyclic esters (lactones) is 1. The van der Waals surface area contributed by atoms with Crippen LogP contribution in [0, 0.1) is 0 Å². The van der Waals surface area contributed by atoms with Crippen molar-refractivity contribution in [2.24, 2.45) is 0 Å². The summed E-state index contributed by atoms with van der Waals surface area (Å²) < 4.78 is 16.8. The molecule has 1 aliphatic rings.